The van der Waals surface area contributed by atoms with Crippen molar-refractivity contribution >= 4 is 14.1 Å². The van der Waals surface area contributed by atoms with Crippen LogP contribution in [0.3, 0.4) is 0 Å². The van der Waals surface area contributed by atoms with Crippen LogP contribution < -0.4 is 0 Å². The fraction of sp³-hybridized carbons (Fsp3) is 0.562. The second kappa shape index (κ2) is 4.99. The number of carbonyl (C=O) groups is 1. The van der Waals surface area contributed by atoms with Crippen LogP contribution in [0.2, 0.25) is 18.1 Å². The largest absolute Gasteiger partial charge is 0.406 e. The van der Waals surface area contributed by atoms with Crippen molar-refractivity contribution in [2.75, 3.05) is 0 Å². The van der Waals surface area contributed by atoms with Gasteiger partial charge in [0.05, 0.1) is 5.56 Å². The number of carbonyl (C=O) groups excluding carboxylic acids is 1. The highest BCUT2D eigenvalue weighted by atomic mass is 28.4. The average Bonchev–Trinajstić information content (AvgIpc) is 3.07. The van der Waals surface area contributed by atoms with E-state index in [2.05, 4.69) is 45.8 Å². The maximum atomic E-state index is 14.5. The molecule has 21 heavy (non-hydrogen) atoms. The lowest BCUT2D eigenvalue weighted by Gasteiger charge is -2.39. The maximum absolute atomic E-state index is 14.5. The topological polar surface area (TPSA) is 39.2 Å². The number of hydrogen-bond donors (Lipinski definition) is 0. The Hall–Kier alpha value is -1.07. The van der Waals surface area contributed by atoms with Crippen LogP contribution in [-0.4, -0.2) is 19.1 Å². The minimum Gasteiger partial charge on any atom is -0.406 e. The zero-order chi connectivity index (χ0) is 16.1. The standard InChI is InChI=1S/C16H23FNO2Si/c1-11(19)12-7-10-18-14(13(12)17)16(8-9-16)20-21(5,6)15(2,3)4/h7,10H,1,8-9H2,2-6H3. The van der Waals surface area contributed by atoms with E-state index in [1.165, 1.54) is 12.3 Å². The summed E-state index contributed by atoms with van der Waals surface area (Å²) in [5, 5.41) is 0.0405. The second-order valence-electron chi connectivity index (χ2n) is 7.30. The molecule has 1 saturated carbocycles. The van der Waals surface area contributed by atoms with Crippen LogP contribution in [0.25, 0.3) is 0 Å². The van der Waals surface area contributed by atoms with Gasteiger partial charge >= 0.3 is 0 Å². The first-order chi connectivity index (χ1) is 9.50. The van der Waals surface area contributed by atoms with E-state index in [4.69, 9.17) is 4.43 Å². The summed E-state index contributed by atoms with van der Waals surface area (Å²) in [5.41, 5.74) is -0.398. The van der Waals surface area contributed by atoms with Gasteiger partial charge in [0.25, 0.3) is 0 Å². The lowest BCUT2D eigenvalue weighted by molar-refractivity contribution is 0.103. The van der Waals surface area contributed by atoms with Gasteiger partial charge in [-0.2, -0.15) is 0 Å². The van der Waals surface area contributed by atoms with E-state index < -0.39 is 25.5 Å². The van der Waals surface area contributed by atoms with Crippen LogP contribution in [0.4, 0.5) is 4.39 Å². The van der Waals surface area contributed by atoms with E-state index in [0.717, 1.165) is 12.8 Å². The van der Waals surface area contributed by atoms with E-state index in [-0.39, 0.29) is 16.3 Å². The van der Waals surface area contributed by atoms with Gasteiger partial charge in [-0.05, 0) is 37.0 Å². The molecule has 0 aliphatic heterocycles. The predicted molar refractivity (Wildman–Crippen MR) is 83.1 cm³/mol. The summed E-state index contributed by atoms with van der Waals surface area (Å²) in [6.45, 7) is 14.0. The number of aromatic nitrogens is 1. The molecule has 2 rings (SSSR count). The monoisotopic (exact) mass is 308 g/mol. The Bertz CT molecular complexity index is 574. The molecule has 3 nitrogen and oxygen atoms in total. The number of Topliss-reactive ketones (excluding diaryl/α,β-unsaturated/α-hetero) is 1. The van der Waals surface area contributed by atoms with Gasteiger partial charge in [0.2, 0.25) is 0 Å². The van der Waals surface area contributed by atoms with Crippen molar-refractivity contribution in [3.8, 4) is 0 Å². The first-order valence-corrected chi connectivity index (χ1v) is 10.1. The first kappa shape index (κ1) is 16.3. The molecule has 0 saturated heterocycles. The van der Waals surface area contributed by atoms with Gasteiger partial charge in [-0.25, -0.2) is 4.39 Å². The van der Waals surface area contributed by atoms with Gasteiger partial charge in [-0.3, -0.25) is 9.78 Å². The lowest BCUT2D eigenvalue weighted by Crippen LogP contribution is -2.44. The zero-order valence-corrected chi connectivity index (χ0v) is 14.4. The van der Waals surface area contributed by atoms with Crippen LogP contribution in [0.1, 0.15) is 49.7 Å². The molecule has 1 aromatic rings. The molecule has 0 amide bonds. The molecule has 5 heteroatoms. The second-order valence-corrected chi connectivity index (χ2v) is 12.0. The highest BCUT2D eigenvalue weighted by Gasteiger charge is 2.54. The third-order valence-electron chi connectivity index (χ3n) is 4.58. The molecular formula is C16H23FNO2Si. The molecule has 0 spiro atoms. The number of halogens is 1. The molecular weight excluding hydrogens is 285 g/mol. The smallest absolute Gasteiger partial charge is 0.193 e. The molecule has 0 N–H and O–H groups in total. The van der Waals surface area contributed by atoms with E-state index >= 15 is 0 Å². The minimum atomic E-state index is -2.04. The molecule has 1 aromatic heterocycles. The summed E-state index contributed by atoms with van der Waals surface area (Å²) in [5.74, 6) is -1.10. The van der Waals surface area contributed by atoms with Gasteiger partial charge in [0, 0.05) is 13.1 Å². The fourth-order valence-corrected chi connectivity index (χ4v) is 3.70. The van der Waals surface area contributed by atoms with Crippen molar-refractivity contribution in [3.63, 3.8) is 0 Å². The van der Waals surface area contributed by atoms with Gasteiger partial charge < -0.3 is 4.43 Å². The molecule has 1 aliphatic carbocycles. The summed E-state index contributed by atoms with van der Waals surface area (Å²) in [6.07, 6.45) is 2.96. The van der Waals surface area contributed by atoms with Crippen molar-refractivity contribution in [2.45, 2.75) is 57.3 Å². The van der Waals surface area contributed by atoms with Crippen LogP contribution in [0.15, 0.2) is 12.3 Å². The Labute approximate surface area is 127 Å². The third kappa shape index (κ3) is 2.94. The highest BCUT2D eigenvalue weighted by molar-refractivity contribution is 6.74. The molecule has 1 aliphatic rings. The Morgan fingerprint density at radius 3 is 2.43 bits per heavy atom. The summed E-state index contributed by atoms with van der Waals surface area (Å²) < 4.78 is 20.9. The summed E-state index contributed by atoms with van der Waals surface area (Å²) in [6, 6.07) is 1.37. The van der Waals surface area contributed by atoms with Crippen molar-refractivity contribution in [3.05, 3.63) is 36.3 Å². The SMILES string of the molecule is [CH2]C(=O)c1ccnc(C2(O[Si](C)(C)C(C)(C)C)CC2)c1F. The number of rotatable bonds is 4. The lowest BCUT2D eigenvalue weighted by atomic mass is 10.1. The molecule has 0 atom stereocenters. The Morgan fingerprint density at radius 1 is 1.43 bits per heavy atom. The van der Waals surface area contributed by atoms with Gasteiger partial charge in [-0.1, -0.05) is 20.8 Å². The number of pyridine rings is 1. The van der Waals surface area contributed by atoms with E-state index in [1.807, 2.05) is 0 Å². The third-order valence-corrected chi connectivity index (χ3v) is 9.10. The molecule has 1 radical (unpaired) electrons. The van der Waals surface area contributed by atoms with Crippen molar-refractivity contribution < 1.29 is 13.6 Å². The van der Waals surface area contributed by atoms with E-state index in [0.29, 0.717) is 0 Å². The minimum absolute atomic E-state index is 0.00916. The van der Waals surface area contributed by atoms with Crippen molar-refractivity contribution in [1.82, 2.24) is 4.98 Å². The molecule has 1 heterocycles. The highest BCUT2D eigenvalue weighted by Crippen LogP contribution is 2.54. The normalized spacial score (nSPS) is 17.7. The maximum Gasteiger partial charge on any atom is 0.193 e. The Balaban J connectivity index is 2.39. The summed E-state index contributed by atoms with van der Waals surface area (Å²) in [7, 11) is -2.04. The zero-order valence-electron chi connectivity index (χ0n) is 13.4. The molecule has 1 fully saturated rings. The van der Waals surface area contributed by atoms with Gasteiger partial charge in [0.15, 0.2) is 19.9 Å². The van der Waals surface area contributed by atoms with Gasteiger partial charge in [0.1, 0.15) is 11.3 Å². The van der Waals surface area contributed by atoms with Crippen LogP contribution in [0.5, 0.6) is 0 Å². The van der Waals surface area contributed by atoms with E-state index in [1.54, 1.807) is 0 Å². The number of nitrogens with zero attached hydrogens (tertiary/aromatic N) is 1. The van der Waals surface area contributed by atoms with Crippen molar-refractivity contribution in [1.29, 1.82) is 0 Å². The number of hydrogen-bond acceptors (Lipinski definition) is 3. The molecule has 115 valence electrons. The van der Waals surface area contributed by atoms with Crippen LogP contribution in [-0.2, 0) is 10.0 Å². The Kier molecular flexibility index (Phi) is 3.87. The molecule has 0 unspecified atom stereocenters. The first-order valence-electron chi connectivity index (χ1n) is 7.22. The number of ketones is 1. The quantitative estimate of drug-likeness (QED) is 0.616. The summed E-state index contributed by atoms with van der Waals surface area (Å²) in [4.78, 5) is 15.6. The molecule has 0 bridgehead atoms. The predicted octanol–water partition coefficient (Wildman–Crippen LogP) is 4.25. The average molecular weight is 308 g/mol. The van der Waals surface area contributed by atoms with Crippen molar-refractivity contribution in [2.24, 2.45) is 0 Å². The van der Waals surface area contributed by atoms with Crippen LogP contribution in [0, 0.1) is 12.7 Å². The Morgan fingerprint density at radius 2 is 2.00 bits per heavy atom. The van der Waals surface area contributed by atoms with E-state index in [9.17, 15) is 9.18 Å². The fourth-order valence-electron chi connectivity index (χ4n) is 2.12. The van der Waals surface area contributed by atoms with Crippen LogP contribution >= 0.6 is 0 Å². The summed E-state index contributed by atoms with van der Waals surface area (Å²) >= 11 is 0. The molecule has 0 aromatic carbocycles. The van der Waals surface area contributed by atoms with Gasteiger partial charge in [-0.15, -0.1) is 0 Å².